The first-order valence-electron chi connectivity index (χ1n) is 8.13. The summed E-state index contributed by atoms with van der Waals surface area (Å²) in [7, 11) is 4.00. The molecule has 0 saturated carbocycles. The lowest BCUT2D eigenvalue weighted by Gasteiger charge is -2.33. The van der Waals surface area contributed by atoms with Gasteiger partial charge in [-0.3, -0.25) is 4.90 Å². The quantitative estimate of drug-likeness (QED) is 0.912. The van der Waals surface area contributed by atoms with Crippen LogP contribution in [0, 0.1) is 6.92 Å². The third-order valence-corrected chi connectivity index (χ3v) is 5.31. The molecule has 3 rings (SSSR count). The Kier molecular flexibility index (Phi) is 5.13. The highest BCUT2D eigenvalue weighted by atomic mass is 32.1. The average Bonchev–Trinajstić information content (AvgIpc) is 2.93. The van der Waals surface area contributed by atoms with Crippen molar-refractivity contribution in [3.8, 4) is 0 Å². The minimum Gasteiger partial charge on any atom is -0.366 e. The summed E-state index contributed by atoms with van der Waals surface area (Å²) in [6.45, 7) is 5.52. The first kappa shape index (κ1) is 16.2. The van der Waals surface area contributed by atoms with Crippen molar-refractivity contribution < 1.29 is 0 Å². The van der Waals surface area contributed by atoms with Crippen molar-refractivity contribution in [3.63, 3.8) is 0 Å². The summed E-state index contributed by atoms with van der Waals surface area (Å²) in [6.07, 6.45) is 4.06. The molecule has 1 aliphatic heterocycles. The molecule has 1 N–H and O–H groups in total. The smallest absolute Gasteiger partial charge is 0.133 e. The number of nitrogens with one attached hydrogen (secondary N) is 1. The van der Waals surface area contributed by atoms with Gasteiger partial charge in [0, 0.05) is 44.2 Å². The summed E-state index contributed by atoms with van der Waals surface area (Å²) in [5, 5.41) is 5.77. The van der Waals surface area contributed by atoms with Gasteiger partial charge in [-0.1, -0.05) is 0 Å². The number of hydrogen-bond donors (Lipinski definition) is 1. The Labute approximate surface area is 142 Å². The van der Waals surface area contributed by atoms with Gasteiger partial charge in [-0.25, -0.2) is 9.97 Å². The van der Waals surface area contributed by atoms with Gasteiger partial charge < -0.3 is 10.2 Å². The van der Waals surface area contributed by atoms with E-state index in [1.165, 1.54) is 29.8 Å². The molecule has 23 heavy (non-hydrogen) atoms. The Morgan fingerprint density at radius 3 is 3.00 bits per heavy atom. The maximum absolute atomic E-state index is 4.37. The molecule has 0 aromatic carbocycles. The van der Waals surface area contributed by atoms with E-state index in [0.717, 1.165) is 24.7 Å². The van der Waals surface area contributed by atoms with Crippen LogP contribution in [0.2, 0.25) is 0 Å². The number of aryl methyl sites for hydroxylation is 1. The highest BCUT2D eigenvalue weighted by molar-refractivity contribution is 7.10. The van der Waals surface area contributed by atoms with Crippen molar-refractivity contribution >= 4 is 23.0 Å². The lowest BCUT2D eigenvalue weighted by Crippen LogP contribution is -2.41. The summed E-state index contributed by atoms with van der Waals surface area (Å²) < 4.78 is 0. The van der Waals surface area contributed by atoms with Crippen LogP contribution in [-0.2, 0) is 6.54 Å². The Bertz CT molecular complexity index is 639. The molecule has 1 fully saturated rings. The van der Waals surface area contributed by atoms with E-state index in [1.54, 1.807) is 6.33 Å². The fraction of sp³-hybridized carbons (Fsp3) is 0.529. The summed E-state index contributed by atoms with van der Waals surface area (Å²) in [5.41, 5.74) is 1.41. The van der Waals surface area contributed by atoms with Crippen LogP contribution in [0.3, 0.4) is 0 Å². The molecule has 1 atom stereocenters. The van der Waals surface area contributed by atoms with E-state index in [0.29, 0.717) is 6.04 Å². The first-order chi connectivity index (χ1) is 11.1. The molecular weight excluding hydrogens is 306 g/mol. The average molecular weight is 331 g/mol. The van der Waals surface area contributed by atoms with Gasteiger partial charge in [0.2, 0.25) is 0 Å². The predicted octanol–water partition coefficient (Wildman–Crippen LogP) is 2.99. The topological polar surface area (TPSA) is 44.3 Å². The largest absolute Gasteiger partial charge is 0.366 e. The minimum absolute atomic E-state index is 0.453. The third-order valence-electron chi connectivity index (χ3n) is 4.30. The van der Waals surface area contributed by atoms with E-state index in [1.807, 2.05) is 36.4 Å². The van der Waals surface area contributed by atoms with Crippen molar-refractivity contribution in [2.24, 2.45) is 0 Å². The van der Waals surface area contributed by atoms with Crippen molar-refractivity contribution in [2.45, 2.75) is 32.4 Å². The molecule has 6 heteroatoms. The molecule has 1 saturated heterocycles. The summed E-state index contributed by atoms with van der Waals surface area (Å²) >= 11 is 1.87. The molecule has 0 bridgehead atoms. The highest BCUT2D eigenvalue weighted by Gasteiger charge is 2.21. The summed E-state index contributed by atoms with van der Waals surface area (Å²) in [5.74, 6) is 1.85. The number of nitrogens with zero attached hydrogens (tertiary/aromatic N) is 4. The van der Waals surface area contributed by atoms with Crippen LogP contribution in [0.5, 0.6) is 0 Å². The molecule has 0 amide bonds. The van der Waals surface area contributed by atoms with Crippen LogP contribution in [0.1, 0.15) is 23.3 Å². The van der Waals surface area contributed by atoms with Crippen molar-refractivity contribution in [1.29, 1.82) is 0 Å². The Balaban J connectivity index is 1.60. The normalized spacial score (nSPS) is 18.8. The highest BCUT2D eigenvalue weighted by Crippen LogP contribution is 2.22. The van der Waals surface area contributed by atoms with E-state index < -0.39 is 0 Å². The molecule has 2 aromatic rings. The minimum atomic E-state index is 0.453. The zero-order valence-corrected chi connectivity index (χ0v) is 14.9. The first-order valence-corrected chi connectivity index (χ1v) is 9.01. The Hall–Kier alpha value is -1.66. The molecule has 3 heterocycles. The fourth-order valence-electron chi connectivity index (χ4n) is 2.97. The molecule has 1 aliphatic rings. The van der Waals surface area contributed by atoms with E-state index in [2.05, 4.69) is 38.6 Å². The molecule has 1 unspecified atom stereocenters. The number of thiophene rings is 1. The molecule has 0 radical (unpaired) electrons. The van der Waals surface area contributed by atoms with E-state index in [-0.39, 0.29) is 0 Å². The molecular formula is C17H25N5S. The Morgan fingerprint density at radius 1 is 1.39 bits per heavy atom. The zero-order chi connectivity index (χ0) is 16.2. The lowest BCUT2D eigenvalue weighted by molar-refractivity contribution is 0.210. The number of hydrogen-bond acceptors (Lipinski definition) is 6. The van der Waals surface area contributed by atoms with Crippen LogP contribution in [0.25, 0.3) is 0 Å². The van der Waals surface area contributed by atoms with Crippen molar-refractivity contribution in [3.05, 3.63) is 34.3 Å². The molecule has 5 nitrogen and oxygen atoms in total. The standard InChI is InChI=1S/C17H25N5S/c1-13-6-8-23-15(13)11-22-7-4-5-14(10-22)20-16-9-17(21(2)3)19-12-18-16/h6,8-9,12,14H,4-5,7,10-11H2,1-3H3,(H,18,19,20). The Morgan fingerprint density at radius 2 is 2.26 bits per heavy atom. The van der Waals surface area contributed by atoms with Crippen LogP contribution >= 0.6 is 11.3 Å². The summed E-state index contributed by atoms with van der Waals surface area (Å²) in [4.78, 5) is 14.7. The van der Waals surface area contributed by atoms with Gasteiger partial charge in [0.05, 0.1) is 0 Å². The van der Waals surface area contributed by atoms with Gasteiger partial charge in [0.1, 0.15) is 18.0 Å². The number of piperidine rings is 1. The van der Waals surface area contributed by atoms with E-state index in [4.69, 9.17) is 0 Å². The number of likely N-dealkylation sites (tertiary alicyclic amines) is 1. The zero-order valence-electron chi connectivity index (χ0n) is 14.1. The van der Waals surface area contributed by atoms with Crippen molar-refractivity contribution in [1.82, 2.24) is 14.9 Å². The van der Waals surface area contributed by atoms with Crippen LogP contribution < -0.4 is 10.2 Å². The second kappa shape index (κ2) is 7.27. The summed E-state index contributed by atoms with van der Waals surface area (Å²) in [6, 6.07) is 4.68. The maximum atomic E-state index is 4.37. The number of rotatable bonds is 5. The number of anilines is 2. The van der Waals surface area contributed by atoms with Gasteiger partial charge in [-0.15, -0.1) is 11.3 Å². The fourth-order valence-corrected chi connectivity index (χ4v) is 3.91. The second-order valence-electron chi connectivity index (χ2n) is 6.40. The second-order valence-corrected chi connectivity index (χ2v) is 7.40. The van der Waals surface area contributed by atoms with Crippen molar-refractivity contribution in [2.75, 3.05) is 37.4 Å². The SMILES string of the molecule is Cc1ccsc1CN1CCCC(Nc2cc(N(C)C)ncn2)C1. The maximum Gasteiger partial charge on any atom is 0.133 e. The van der Waals surface area contributed by atoms with Crippen LogP contribution in [0.4, 0.5) is 11.6 Å². The van der Waals surface area contributed by atoms with Crippen LogP contribution in [-0.4, -0.2) is 48.1 Å². The van der Waals surface area contributed by atoms with Gasteiger partial charge >= 0.3 is 0 Å². The van der Waals surface area contributed by atoms with Gasteiger partial charge in [0.25, 0.3) is 0 Å². The molecule has 0 aliphatic carbocycles. The van der Waals surface area contributed by atoms with Gasteiger partial charge in [0.15, 0.2) is 0 Å². The molecule has 2 aromatic heterocycles. The molecule has 0 spiro atoms. The monoisotopic (exact) mass is 331 g/mol. The van der Waals surface area contributed by atoms with Gasteiger partial charge in [-0.2, -0.15) is 0 Å². The van der Waals surface area contributed by atoms with Crippen LogP contribution in [0.15, 0.2) is 23.8 Å². The van der Waals surface area contributed by atoms with Gasteiger partial charge in [-0.05, 0) is 43.3 Å². The lowest BCUT2D eigenvalue weighted by atomic mass is 10.1. The molecule has 124 valence electrons. The van der Waals surface area contributed by atoms with E-state index >= 15 is 0 Å². The third kappa shape index (κ3) is 4.20. The van der Waals surface area contributed by atoms with E-state index in [9.17, 15) is 0 Å². The number of aromatic nitrogens is 2. The predicted molar refractivity (Wildman–Crippen MR) is 97.3 cm³/mol.